The van der Waals surface area contributed by atoms with Gasteiger partial charge in [-0.3, -0.25) is 0 Å². The molecule has 0 aromatic heterocycles. The summed E-state index contributed by atoms with van der Waals surface area (Å²) < 4.78 is 0. The van der Waals surface area contributed by atoms with Gasteiger partial charge in [0.25, 0.3) is 0 Å². The lowest BCUT2D eigenvalue weighted by Crippen LogP contribution is -2.35. The molecule has 0 spiro atoms. The molecule has 0 radical (unpaired) electrons. The van der Waals surface area contributed by atoms with Gasteiger partial charge in [-0.25, -0.2) is 0 Å². The predicted octanol–water partition coefficient (Wildman–Crippen LogP) is 3.98. The smallest absolute Gasteiger partial charge is 0.0361 e. The minimum atomic E-state index is 0.450. The molecule has 1 aliphatic carbocycles. The maximum absolute atomic E-state index is 3.80. The van der Waals surface area contributed by atoms with E-state index in [0.717, 1.165) is 5.92 Å². The van der Waals surface area contributed by atoms with E-state index in [1.165, 1.54) is 36.9 Å². The van der Waals surface area contributed by atoms with Crippen LogP contribution in [0.2, 0.25) is 0 Å². The Labute approximate surface area is 118 Å². The van der Waals surface area contributed by atoms with Gasteiger partial charge < -0.3 is 10.2 Å². The SMILES string of the molecule is CC1CCCC(NC(C)c2ccc(N(C)C)cc2)C1. The van der Waals surface area contributed by atoms with E-state index in [9.17, 15) is 0 Å². The van der Waals surface area contributed by atoms with Gasteiger partial charge >= 0.3 is 0 Å². The van der Waals surface area contributed by atoms with Crippen molar-refractivity contribution in [2.75, 3.05) is 19.0 Å². The molecule has 1 aromatic rings. The lowest BCUT2D eigenvalue weighted by Gasteiger charge is -2.30. The largest absolute Gasteiger partial charge is 0.378 e. The second kappa shape index (κ2) is 6.42. The van der Waals surface area contributed by atoms with E-state index in [1.807, 2.05) is 0 Å². The molecule has 0 bridgehead atoms. The summed E-state index contributed by atoms with van der Waals surface area (Å²) in [7, 11) is 4.17. The molecule has 3 atom stereocenters. The van der Waals surface area contributed by atoms with E-state index in [-0.39, 0.29) is 0 Å². The number of nitrogens with zero attached hydrogens (tertiary/aromatic N) is 1. The number of nitrogens with one attached hydrogen (secondary N) is 1. The summed E-state index contributed by atoms with van der Waals surface area (Å²) in [6.07, 6.45) is 5.46. The van der Waals surface area contributed by atoms with Gasteiger partial charge in [-0.15, -0.1) is 0 Å². The Bertz CT molecular complexity index is 383. The Kier molecular flexibility index (Phi) is 4.87. The summed E-state index contributed by atoms with van der Waals surface area (Å²) in [6, 6.07) is 10.1. The molecule has 2 rings (SSSR count). The van der Waals surface area contributed by atoms with Gasteiger partial charge in [-0.1, -0.05) is 31.9 Å². The van der Waals surface area contributed by atoms with Crippen LogP contribution in [0.3, 0.4) is 0 Å². The highest BCUT2D eigenvalue weighted by molar-refractivity contribution is 5.46. The number of benzene rings is 1. The first-order chi connectivity index (χ1) is 9.06. The van der Waals surface area contributed by atoms with Crippen LogP contribution in [0.1, 0.15) is 51.1 Å². The van der Waals surface area contributed by atoms with Crippen LogP contribution in [0.5, 0.6) is 0 Å². The standard InChI is InChI=1S/C17H28N2/c1-13-6-5-7-16(12-13)18-14(2)15-8-10-17(11-9-15)19(3)4/h8-11,13-14,16,18H,5-7,12H2,1-4H3. The Hall–Kier alpha value is -1.02. The average molecular weight is 260 g/mol. The molecule has 0 heterocycles. The maximum Gasteiger partial charge on any atom is 0.0361 e. The third-order valence-electron chi connectivity index (χ3n) is 4.33. The summed E-state index contributed by atoms with van der Waals surface area (Å²) in [5, 5.41) is 3.80. The third kappa shape index (κ3) is 3.97. The van der Waals surface area contributed by atoms with Crippen LogP contribution in [0.4, 0.5) is 5.69 Å². The predicted molar refractivity (Wildman–Crippen MR) is 83.7 cm³/mol. The molecule has 3 unspecified atom stereocenters. The van der Waals surface area contributed by atoms with Crippen LogP contribution in [0, 0.1) is 5.92 Å². The molecule has 0 aliphatic heterocycles. The molecule has 1 saturated carbocycles. The minimum Gasteiger partial charge on any atom is -0.378 e. The van der Waals surface area contributed by atoms with Gasteiger partial charge in [0.15, 0.2) is 0 Å². The first-order valence-electron chi connectivity index (χ1n) is 7.59. The van der Waals surface area contributed by atoms with Gasteiger partial charge in [-0.05, 0) is 43.4 Å². The molecular formula is C17H28N2. The maximum atomic E-state index is 3.80. The first-order valence-corrected chi connectivity index (χ1v) is 7.59. The van der Waals surface area contributed by atoms with Gasteiger partial charge in [0.05, 0.1) is 0 Å². The van der Waals surface area contributed by atoms with E-state index < -0.39 is 0 Å². The molecule has 106 valence electrons. The van der Waals surface area contributed by atoms with Crippen molar-refractivity contribution in [3.63, 3.8) is 0 Å². The summed E-state index contributed by atoms with van der Waals surface area (Å²) in [4.78, 5) is 2.14. The minimum absolute atomic E-state index is 0.450. The highest BCUT2D eigenvalue weighted by Crippen LogP contribution is 2.26. The van der Waals surface area contributed by atoms with E-state index in [0.29, 0.717) is 12.1 Å². The van der Waals surface area contributed by atoms with Crippen molar-refractivity contribution in [2.24, 2.45) is 5.92 Å². The molecule has 19 heavy (non-hydrogen) atoms. The second-order valence-electron chi connectivity index (χ2n) is 6.34. The molecule has 1 N–H and O–H groups in total. The van der Waals surface area contributed by atoms with Crippen molar-refractivity contribution in [2.45, 2.75) is 51.6 Å². The molecule has 0 saturated heterocycles. The summed E-state index contributed by atoms with van der Waals surface area (Å²) in [5.74, 6) is 0.884. The van der Waals surface area contributed by atoms with Crippen LogP contribution < -0.4 is 10.2 Å². The summed E-state index contributed by atoms with van der Waals surface area (Å²) in [6.45, 7) is 4.66. The molecule has 1 fully saturated rings. The molecule has 1 aliphatic rings. The fourth-order valence-electron chi connectivity index (χ4n) is 3.10. The van der Waals surface area contributed by atoms with E-state index in [2.05, 4.69) is 62.4 Å². The van der Waals surface area contributed by atoms with Gasteiger partial charge in [0, 0.05) is 31.9 Å². The summed E-state index contributed by atoms with van der Waals surface area (Å²) >= 11 is 0. The number of hydrogen-bond donors (Lipinski definition) is 1. The van der Waals surface area contributed by atoms with Crippen LogP contribution in [-0.4, -0.2) is 20.1 Å². The first kappa shape index (κ1) is 14.4. The van der Waals surface area contributed by atoms with Crippen LogP contribution in [0.15, 0.2) is 24.3 Å². The average Bonchev–Trinajstić information content (AvgIpc) is 2.39. The molecule has 0 amide bonds. The van der Waals surface area contributed by atoms with Gasteiger partial charge in [0.1, 0.15) is 0 Å². The van der Waals surface area contributed by atoms with Crippen LogP contribution in [-0.2, 0) is 0 Å². The fraction of sp³-hybridized carbons (Fsp3) is 0.647. The third-order valence-corrected chi connectivity index (χ3v) is 4.33. The van der Waals surface area contributed by atoms with Crippen molar-refractivity contribution < 1.29 is 0 Å². The van der Waals surface area contributed by atoms with Crippen molar-refractivity contribution in [1.82, 2.24) is 5.32 Å². The van der Waals surface area contributed by atoms with Gasteiger partial charge in [-0.2, -0.15) is 0 Å². The Morgan fingerprint density at radius 2 is 1.84 bits per heavy atom. The lowest BCUT2D eigenvalue weighted by molar-refractivity contribution is 0.285. The highest BCUT2D eigenvalue weighted by atomic mass is 15.1. The number of rotatable bonds is 4. The number of hydrogen-bond acceptors (Lipinski definition) is 2. The van der Waals surface area contributed by atoms with Gasteiger partial charge in [0.2, 0.25) is 0 Å². The van der Waals surface area contributed by atoms with Crippen molar-refractivity contribution in [1.29, 1.82) is 0 Å². The second-order valence-corrected chi connectivity index (χ2v) is 6.34. The van der Waals surface area contributed by atoms with E-state index in [4.69, 9.17) is 0 Å². The van der Waals surface area contributed by atoms with E-state index >= 15 is 0 Å². The monoisotopic (exact) mass is 260 g/mol. The van der Waals surface area contributed by atoms with Crippen molar-refractivity contribution >= 4 is 5.69 Å². The van der Waals surface area contributed by atoms with Crippen LogP contribution in [0.25, 0.3) is 0 Å². The van der Waals surface area contributed by atoms with Crippen LogP contribution >= 0.6 is 0 Å². The zero-order chi connectivity index (χ0) is 13.8. The topological polar surface area (TPSA) is 15.3 Å². The Morgan fingerprint density at radius 3 is 2.42 bits per heavy atom. The molecular weight excluding hydrogens is 232 g/mol. The van der Waals surface area contributed by atoms with Crippen molar-refractivity contribution in [3.8, 4) is 0 Å². The number of anilines is 1. The zero-order valence-electron chi connectivity index (χ0n) is 12.8. The summed E-state index contributed by atoms with van der Waals surface area (Å²) in [5.41, 5.74) is 2.66. The molecule has 2 heteroatoms. The van der Waals surface area contributed by atoms with Crippen molar-refractivity contribution in [3.05, 3.63) is 29.8 Å². The normalized spacial score (nSPS) is 25.1. The highest BCUT2D eigenvalue weighted by Gasteiger charge is 2.20. The Balaban J connectivity index is 1.93. The lowest BCUT2D eigenvalue weighted by atomic mass is 9.86. The van der Waals surface area contributed by atoms with E-state index in [1.54, 1.807) is 0 Å². The Morgan fingerprint density at radius 1 is 1.16 bits per heavy atom. The fourth-order valence-corrected chi connectivity index (χ4v) is 3.10. The zero-order valence-corrected chi connectivity index (χ0v) is 12.8. The quantitative estimate of drug-likeness (QED) is 0.881. The molecule has 1 aromatic carbocycles. The molecule has 2 nitrogen and oxygen atoms in total.